The molecule has 0 aliphatic rings. The average Bonchev–Trinajstić information content (AvgIpc) is 2.79. The number of carbonyl (C=O) groups is 2. The van der Waals surface area contributed by atoms with E-state index in [1.807, 2.05) is 57.2 Å². The number of nitrogens with zero attached hydrogens (tertiary/aromatic N) is 1. The molecule has 5 nitrogen and oxygen atoms in total. The van der Waals surface area contributed by atoms with Crippen LogP contribution in [0.25, 0.3) is 10.8 Å². The zero-order valence-electron chi connectivity index (χ0n) is 19.3. The molecule has 3 rings (SSSR count). The number of halogens is 3. The number of rotatable bonds is 9. The summed E-state index contributed by atoms with van der Waals surface area (Å²) in [5.41, 5.74) is 0.696. The van der Waals surface area contributed by atoms with Gasteiger partial charge in [0.1, 0.15) is 11.8 Å². The average molecular weight is 566 g/mol. The summed E-state index contributed by atoms with van der Waals surface area (Å²) in [6, 6.07) is 16.0. The molecule has 0 fully saturated rings. The van der Waals surface area contributed by atoms with Crippen molar-refractivity contribution in [1.82, 2.24) is 10.2 Å². The first kappa shape index (κ1) is 26.3. The molecule has 0 spiro atoms. The summed E-state index contributed by atoms with van der Waals surface area (Å²) < 4.78 is 6.68. The third-order valence-electron chi connectivity index (χ3n) is 5.35. The molecule has 1 unspecified atom stereocenters. The third-order valence-corrected chi connectivity index (χ3v) is 6.76. The SMILES string of the molecule is CCC(C(=O)NC(C)C)N(Cc1ccc(Cl)cc1Cl)C(=O)COc1ccc2ccccc2c1Br. The maximum atomic E-state index is 13.4. The summed E-state index contributed by atoms with van der Waals surface area (Å²) >= 11 is 16.0. The highest BCUT2D eigenvalue weighted by molar-refractivity contribution is 9.10. The second kappa shape index (κ2) is 11.9. The molecule has 0 bridgehead atoms. The number of hydrogen-bond acceptors (Lipinski definition) is 3. The zero-order chi connectivity index (χ0) is 24.8. The van der Waals surface area contributed by atoms with E-state index in [-0.39, 0.29) is 31.0 Å². The standard InChI is InChI=1S/C26H27BrCl2N2O3/c1-4-22(26(33)30-16(2)3)31(14-18-9-11-19(28)13-21(18)29)24(32)15-34-23-12-10-17-7-5-6-8-20(17)25(23)27/h5-13,16,22H,4,14-15H2,1-3H3,(H,30,33). The van der Waals surface area contributed by atoms with Gasteiger partial charge in [-0.25, -0.2) is 0 Å². The lowest BCUT2D eigenvalue weighted by molar-refractivity contribution is -0.143. The van der Waals surface area contributed by atoms with Gasteiger partial charge in [0, 0.05) is 22.6 Å². The topological polar surface area (TPSA) is 58.6 Å². The van der Waals surface area contributed by atoms with E-state index >= 15 is 0 Å². The number of nitrogens with one attached hydrogen (secondary N) is 1. The smallest absolute Gasteiger partial charge is 0.261 e. The minimum absolute atomic E-state index is 0.0533. The van der Waals surface area contributed by atoms with Crippen LogP contribution in [0.15, 0.2) is 59.1 Å². The molecular weight excluding hydrogens is 539 g/mol. The number of amides is 2. The molecule has 0 aromatic heterocycles. The van der Waals surface area contributed by atoms with Crippen LogP contribution in [0.2, 0.25) is 10.0 Å². The molecule has 3 aromatic carbocycles. The normalized spacial score (nSPS) is 12.0. The number of carbonyl (C=O) groups excluding carboxylic acids is 2. The van der Waals surface area contributed by atoms with E-state index in [1.165, 1.54) is 4.90 Å². The molecule has 0 saturated carbocycles. The minimum atomic E-state index is -0.676. The molecule has 0 aliphatic carbocycles. The van der Waals surface area contributed by atoms with E-state index in [9.17, 15) is 9.59 Å². The molecule has 34 heavy (non-hydrogen) atoms. The van der Waals surface area contributed by atoms with Crippen molar-refractivity contribution in [2.75, 3.05) is 6.61 Å². The Morgan fingerprint density at radius 1 is 1.09 bits per heavy atom. The van der Waals surface area contributed by atoms with E-state index < -0.39 is 6.04 Å². The van der Waals surface area contributed by atoms with Crippen molar-refractivity contribution < 1.29 is 14.3 Å². The van der Waals surface area contributed by atoms with Crippen LogP contribution in [0.1, 0.15) is 32.8 Å². The van der Waals surface area contributed by atoms with E-state index in [2.05, 4.69) is 21.2 Å². The van der Waals surface area contributed by atoms with E-state index in [4.69, 9.17) is 27.9 Å². The van der Waals surface area contributed by atoms with Gasteiger partial charge in [0.05, 0.1) is 4.47 Å². The molecule has 0 saturated heterocycles. The van der Waals surface area contributed by atoms with Crippen LogP contribution >= 0.6 is 39.1 Å². The summed E-state index contributed by atoms with van der Waals surface area (Å²) in [7, 11) is 0. The van der Waals surface area contributed by atoms with Gasteiger partial charge in [-0.15, -0.1) is 0 Å². The van der Waals surface area contributed by atoms with E-state index in [1.54, 1.807) is 18.2 Å². The number of fused-ring (bicyclic) bond motifs is 1. The largest absolute Gasteiger partial charge is 0.483 e. The molecule has 180 valence electrons. The molecule has 8 heteroatoms. The van der Waals surface area contributed by atoms with Gasteiger partial charge < -0.3 is 15.0 Å². The van der Waals surface area contributed by atoms with Crippen molar-refractivity contribution in [1.29, 1.82) is 0 Å². The molecule has 3 aromatic rings. The Labute approximate surface area is 218 Å². The second-order valence-electron chi connectivity index (χ2n) is 8.23. The summed E-state index contributed by atoms with van der Waals surface area (Å²) in [5.74, 6) is 0.0101. The highest BCUT2D eigenvalue weighted by Gasteiger charge is 2.30. The van der Waals surface area contributed by atoms with Crippen LogP contribution in [-0.4, -0.2) is 35.4 Å². The van der Waals surface area contributed by atoms with Crippen molar-refractivity contribution >= 4 is 61.7 Å². The van der Waals surface area contributed by atoms with E-state index in [0.717, 1.165) is 15.2 Å². The van der Waals surface area contributed by atoms with Crippen LogP contribution in [0.5, 0.6) is 5.75 Å². The van der Waals surface area contributed by atoms with Gasteiger partial charge in [-0.1, -0.05) is 66.5 Å². The number of benzene rings is 3. The predicted molar refractivity (Wildman–Crippen MR) is 142 cm³/mol. The van der Waals surface area contributed by atoms with Crippen LogP contribution in [0, 0.1) is 0 Å². The number of hydrogen-bond donors (Lipinski definition) is 1. The lowest BCUT2D eigenvalue weighted by atomic mass is 10.1. The Hall–Kier alpha value is -2.28. The van der Waals surface area contributed by atoms with Crippen molar-refractivity contribution in [2.45, 2.75) is 45.8 Å². The fourth-order valence-corrected chi connectivity index (χ4v) is 4.76. The fourth-order valence-electron chi connectivity index (χ4n) is 3.68. The summed E-state index contributed by atoms with van der Waals surface area (Å²) in [4.78, 5) is 27.8. The van der Waals surface area contributed by atoms with Gasteiger partial charge in [-0.3, -0.25) is 9.59 Å². The molecule has 2 amide bonds. The highest BCUT2D eigenvalue weighted by atomic mass is 79.9. The Morgan fingerprint density at radius 3 is 2.50 bits per heavy atom. The Balaban J connectivity index is 1.86. The van der Waals surface area contributed by atoms with Crippen molar-refractivity contribution in [3.63, 3.8) is 0 Å². The molecule has 0 heterocycles. The minimum Gasteiger partial charge on any atom is -0.483 e. The van der Waals surface area contributed by atoms with Gasteiger partial charge in [0.15, 0.2) is 6.61 Å². The molecule has 1 atom stereocenters. The van der Waals surface area contributed by atoms with Crippen LogP contribution < -0.4 is 10.1 Å². The lowest BCUT2D eigenvalue weighted by Crippen LogP contribution is -2.51. The first-order valence-electron chi connectivity index (χ1n) is 11.0. The monoisotopic (exact) mass is 564 g/mol. The molecule has 0 aliphatic heterocycles. The maximum absolute atomic E-state index is 13.4. The van der Waals surface area contributed by atoms with Crippen LogP contribution in [0.4, 0.5) is 0 Å². The van der Waals surface area contributed by atoms with Gasteiger partial charge in [0.2, 0.25) is 5.91 Å². The van der Waals surface area contributed by atoms with Crippen molar-refractivity contribution in [2.24, 2.45) is 0 Å². The van der Waals surface area contributed by atoms with Crippen molar-refractivity contribution in [3.8, 4) is 5.75 Å². The summed E-state index contributed by atoms with van der Waals surface area (Å²) in [6.07, 6.45) is 0.440. The van der Waals surface area contributed by atoms with Crippen LogP contribution in [0.3, 0.4) is 0 Å². The first-order valence-corrected chi connectivity index (χ1v) is 12.6. The summed E-state index contributed by atoms with van der Waals surface area (Å²) in [5, 5.41) is 5.88. The van der Waals surface area contributed by atoms with Gasteiger partial charge >= 0.3 is 0 Å². The third kappa shape index (κ3) is 6.44. The van der Waals surface area contributed by atoms with E-state index in [0.29, 0.717) is 27.8 Å². The number of ether oxygens (including phenoxy) is 1. The zero-order valence-corrected chi connectivity index (χ0v) is 22.4. The lowest BCUT2D eigenvalue weighted by Gasteiger charge is -2.31. The fraction of sp³-hybridized carbons (Fsp3) is 0.308. The Kier molecular flexibility index (Phi) is 9.23. The molecular formula is C26H27BrCl2N2O3. The molecule has 0 radical (unpaired) electrons. The van der Waals surface area contributed by atoms with Gasteiger partial charge in [0.25, 0.3) is 5.91 Å². The second-order valence-corrected chi connectivity index (χ2v) is 9.87. The first-order chi connectivity index (χ1) is 16.2. The van der Waals surface area contributed by atoms with Gasteiger partial charge in [-0.2, -0.15) is 0 Å². The van der Waals surface area contributed by atoms with Crippen molar-refractivity contribution in [3.05, 3.63) is 74.7 Å². The predicted octanol–water partition coefficient (Wildman–Crippen LogP) is 6.62. The van der Waals surface area contributed by atoms with Crippen LogP contribution in [-0.2, 0) is 16.1 Å². The quantitative estimate of drug-likeness (QED) is 0.317. The molecule has 1 N–H and O–H groups in total. The van der Waals surface area contributed by atoms with Gasteiger partial charge in [-0.05, 0) is 70.7 Å². The highest BCUT2D eigenvalue weighted by Crippen LogP contribution is 2.33. The Morgan fingerprint density at radius 2 is 1.82 bits per heavy atom. The maximum Gasteiger partial charge on any atom is 0.261 e. The summed E-state index contributed by atoms with van der Waals surface area (Å²) in [6.45, 7) is 5.56. The Bertz CT molecular complexity index is 1190.